The molecule has 0 aromatic heterocycles. The lowest BCUT2D eigenvalue weighted by atomic mass is 9.92. The summed E-state index contributed by atoms with van der Waals surface area (Å²) in [6.07, 6.45) is 0.399. The highest BCUT2D eigenvalue weighted by molar-refractivity contribution is 6.08. The number of nitrogens with zero attached hydrogens (tertiary/aromatic N) is 1. The zero-order valence-electron chi connectivity index (χ0n) is 16.1. The van der Waals surface area contributed by atoms with Crippen LogP contribution in [0.25, 0.3) is 0 Å². The lowest BCUT2D eigenvalue weighted by Crippen LogP contribution is -2.49. The van der Waals surface area contributed by atoms with E-state index in [1.54, 1.807) is 68.4 Å². The molecule has 0 radical (unpaired) electrons. The molecular weight excluding hydrogens is 374 g/mol. The maximum atomic E-state index is 12.7. The number of hydrogen-bond donors (Lipinski definition) is 2. The Kier molecular flexibility index (Phi) is 5.63. The Hall–Kier alpha value is -3.68. The van der Waals surface area contributed by atoms with Crippen LogP contribution >= 0.6 is 0 Å². The van der Waals surface area contributed by atoms with Gasteiger partial charge in [-0.25, -0.2) is 4.79 Å². The number of carbonyl (C=O) groups is 4. The van der Waals surface area contributed by atoms with E-state index in [0.29, 0.717) is 28.3 Å². The highest BCUT2D eigenvalue weighted by atomic mass is 16.5. The molecule has 8 heteroatoms. The largest absolute Gasteiger partial charge is 0.484 e. The lowest BCUT2D eigenvalue weighted by Gasteiger charge is -2.22. The third-order valence-corrected chi connectivity index (χ3v) is 4.65. The van der Waals surface area contributed by atoms with Crippen molar-refractivity contribution < 1.29 is 23.9 Å². The monoisotopic (exact) mass is 395 g/mol. The van der Waals surface area contributed by atoms with Crippen LogP contribution < -0.4 is 15.5 Å². The van der Waals surface area contributed by atoms with Crippen LogP contribution in [0.3, 0.4) is 0 Å². The minimum absolute atomic E-state index is 0.00863. The Morgan fingerprint density at radius 1 is 1.07 bits per heavy atom. The Bertz CT molecular complexity index is 943. The number of amides is 4. The number of imide groups is 1. The van der Waals surface area contributed by atoms with Gasteiger partial charge in [0.05, 0.1) is 0 Å². The maximum Gasteiger partial charge on any atom is 0.344 e. The van der Waals surface area contributed by atoms with Crippen LogP contribution in [0.1, 0.15) is 36.2 Å². The number of carbonyl (C=O) groups excluding carboxylic acids is 4. The second-order valence-electron chi connectivity index (χ2n) is 6.69. The molecule has 3 rings (SSSR count). The number of rotatable bonds is 7. The van der Waals surface area contributed by atoms with E-state index in [9.17, 15) is 19.2 Å². The number of hydrogen-bond acceptors (Lipinski definition) is 5. The molecule has 2 aromatic carbocycles. The third kappa shape index (κ3) is 4.11. The van der Waals surface area contributed by atoms with Crippen LogP contribution in [0.4, 0.5) is 4.79 Å². The smallest absolute Gasteiger partial charge is 0.344 e. The zero-order valence-corrected chi connectivity index (χ0v) is 16.1. The number of ketones is 1. The topological polar surface area (TPSA) is 105 Å². The summed E-state index contributed by atoms with van der Waals surface area (Å²) in [5.41, 5.74) is 2.16. The molecule has 1 fully saturated rings. The van der Waals surface area contributed by atoms with Crippen LogP contribution in [0.15, 0.2) is 54.6 Å². The number of hydrazine groups is 1. The minimum Gasteiger partial charge on any atom is -0.484 e. The molecule has 29 heavy (non-hydrogen) atoms. The summed E-state index contributed by atoms with van der Waals surface area (Å²) < 4.78 is 5.36. The minimum atomic E-state index is -1.27. The quantitative estimate of drug-likeness (QED) is 0.552. The van der Waals surface area contributed by atoms with E-state index in [0.717, 1.165) is 0 Å². The number of ether oxygens (including phenoxy) is 1. The molecule has 4 amide bonds. The standard InChI is InChI=1S/C21H21N3O5/c1-3-17(25)14-9-11-16(12-10-14)29-13-18(26)23-24-19(27)21(2,22-20(24)28)15-7-5-4-6-8-15/h4-12H,3,13H2,1-2H3,(H,22,28)(H,23,26)/t21-/m0/s1. The van der Waals surface area contributed by atoms with E-state index in [1.165, 1.54) is 0 Å². The van der Waals surface area contributed by atoms with Crippen LogP contribution in [0.5, 0.6) is 5.75 Å². The molecule has 2 N–H and O–H groups in total. The highest BCUT2D eigenvalue weighted by Crippen LogP contribution is 2.27. The molecule has 2 aromatic rings. The second kappa shape index (κ2) is 8.14. The maximum absolute atomic E-state index is 12.7. The molecule has 0 bridgehead atoms. The number of Topliss-reactive ketones (excluding diaryl/α,β-unsaturated/α-hetero) is 1. The first-order chi connectivity index (χ1) is 13.8. The van der Waals surface area contributed by atoms with Gasteiger partial charge in [0.25, 0.3) is 11.8 Å². The van der Waals surface area contributed by atoms with Gasteiger partial charge in [0.15, 0.2) is 12.4 Å². The summed E-state index contributed by atoms with van der Waals surface area (Å²) >= 11 is 0. The molecule has 1 atom stereocenters. The summed E-state index contributed by atoms with van der Waals surface area (Å²) in [6, 6.07) is 14.4. The molecule has 1 heterocycles. The predicted octanol–water partition coefficient (Wildman–Crippen LogP) is 2.16. The SMILES string of the molecule is CCC(=O)c1ccc(OCC(=O)NN2C(=O)N[C@@](C)(c3ccccc3)C2=O)cc1. The fourth-order valence-corrected chi connectivity index (χ4v) is 2.95. The average Bonchev–Trinajstić information content (AvgIpc) is 2.96. The van der Waals surface area contributed by atoms with Gasteiger partial charge < -0.3 is 10.1 Å². The van der Waals surface area contributed by atoms with Crippen molar-refractivity contribution in [2.45, 2.75) is 25.8 Å². The molecule has 1 saturated heterocycles. The van der Waals surface area contributed by atoms with Gasteiger partial charge in [-0.3, -0.25) is 19.8 Å². The second-order valence-corrected chi connectivity index (χ2v) is 6.69. The van der Waals surface area contributed by atoms with Gasteiger partial charge in [-0.15, -0.1) is 0 Å². The predicted molar refractivity (Wildman–Crippen MR) is 104 cm³/mol. The molecule has 1 aliphatic heterocycles. The van der Waals surface area contributed by atoms with Crippen molar-refractivity contribution in [2.24, 2.45) is 0 Å². The van der Waals surface area contributed by atoms with E-state index in [2.05, 4.69) is 10.7 Å². The number of benzene rings is 2. The Morgan fingerprint density at radius 3 is 2.34 bits per heavy atom. The lowest BCUT2D eigenvalue weighted by molar-refractivity contribution is -0.139. The summed E-state index contributed by atoms with van der Waals surface area (Å²) in [5, 5.41) is 3.25. The van der Waals surface area contributed by atoms with Crippen LogP contribution in [0, 0.1) is 0 Å². The van der Waals surface area contributed by atoms with Crippen LogP contribution in [-0.4, -0.2) is 35.2 Å². The van der Waals surface area contributed by atoms with E-state index < -0.39 is 30.0 Å². The third-order valence-electron chi connectivity index (χ3n) is 4.65. The molecule has 8 nitrogen and oxygen atoms in total. The fourth-order valence-electron chi connectivity index (χ4n) is 2.95. The number of urea groups is 1. The van der Waals surface area contributed by atoms with Crippen LogP contribution in [-0.2, 0) is 15.1 Å². The first kappa shape index (κ1) is 20.1. The number of nitrogens with one attached hydrogen (secondary N) is 2. The van der Waals surface area contributed by atoms with Gasteiger partial charge in [-0.05, 0) is 36.8 Å². The van der Waals surface area contributed by atoms with Gasteiger partial charge in [0.2, 0.25) is 0 Å². The van der Waals surface area contributed by atoms with Gasteiger partial charge in [0, 0.05) is 12.0 Å². The molecule has 0 unspecified atom stereocenters. The summed E-state index contributed by atoms with van der Waals surface area (Å²) in [4.78, 5) is 48.7. The molecule has 0 saturated carbocycles. The van der Waals surface area contributed by atoms with Crippen LogP contribution in [0.2, 0.25) is 0 Å². The van der Waals surface area contributed by atoms with Gasteiger partial charge in [-0.2, -0.15) is 5.01 Å². The van der Waals surface area contributed by atoms with E-state index in [-0.39, 0.29) is 5.78 Å². The molecule has 0 aliphatic carbocycles. The first-order valence-corrected chi connectivity index (χ1v) is 9.13. The fraction of sp³-hybridized carbons (Fsp3) is 0.238. The van der Waals surface area contributed by atoms with E-state index in [4.69, 9.17) is 4.74 Å². The van der Waals surface area contributed by atoms with E-state index >= 15 is 0 Å². The summed E-state index contributed by atoms with van der Waals surface area (Å²) in [5.74, 6) is -0.863. The summed E-state index contributed by atoms with van der Waals surface area (Å²) in [7, 11) is 0. The zero-order chi connectivity index (χ0) is 21.0. The van der Waals surface area contributed by atoms with Crippen molar-refractivity contribution in [3.05, 3.63) is 65.7 Å². The Balaban J connectivity index is 1.60. The normalized spacial score (nSPS) is 18.3. The average molecular weight is 395 g/mol. The van der Waals surface area contributed by atoms with Gasteiger partial charge in [0.1, 0.15) is 11.3 Å². The molecule has 150 valence electrons. The molecular formula is C21H21N3O5. The van der Waals surface area contributed by atoms with Crippen molar-refractivity contribution in [1.82, 2.24) is 15.8 Å². The highest BCUT2D eigenvalue weighted by Gasteiger charge is 2.49. The van der Waals surface area contributed by atoms with Gasteiger partial charge in [-0.1, -0.05) is 37.3 Å². The Labute approximate surface area is 167 Å². The molecule has 1 aliphatic rings. The summed E-state index contributed by atoms with van der Waals surface area (Å²) in [6.45, 7) is 2.94. The van der Waals surface area contributed by atoms with Crippen molar-refractivity contribution in [1.29, 1.82) is 0 Å². The Morgan fingerprint density at radius 2 is 1.72 bits per heavy atom. The van der Waals surface area contributed by atoms with Gasteiger partial charge >= 0.3 is 6.03 Å². The van der Waals surface area contributed by atoms with Crippen molar-refractivity contribution in [3.8, 4) is 5.75 Å². The first-order valence-electron chi connectivity index (χ1n) is 9.13. The molecule has 0 spiro atoms. The van der Waals surface area contributed by atoms with Crippen molar-refractivity contribution in [3.63, 3.8) is 0 Å². The van der Waals surface area contributed by atoms with Crippen molar-refractivity contribution in [2.75, 3.05) is 6.61 Å². The van der Waals surface area contributed by atoms with Crippen molar-refractivity contribution >= 4 is 23.6 Å². The van der Waals surface area contributed by atoms with E-state index in [1.807, 2.05) is 0 Å².